The van der Waals surface area contributed by atoms with Crippen LogP contribution in [-0.4, -0.2) is 51.7 Å². The molecule has 0 unspecified atom stereocenters. The Morgan fingerprint density at radius 1 is 1.30 bits per heavy atom. The van der Waals surface area contributed by atoms with Gasteiger partial charge in [0, 0.05) is 0 Å². The molecule has 23 heavy (non-hydrogen) atoms. The van der Waals surface area contributed by atoms with Gasteiger partial charge in [-0.25, -0.2) is 4.79 Å². The number of hydrogen-bond acceptors (Lipinski definition) is 6. The molecular formula is C14H21F3O6. The molecular weight excluding hydrogens is 321 g/mol. The van der Waals surface area contributed by atoms with Gasteiger partial charge >= 0.3 is 18.1 Å². The maximum Gasteiger partial charge on any atom is 0.490 e. The highest BCUT2D eigenvalue weighted by Crippen LogP contribution is 2.31. The van der Waals surface area contributed by atoms with Gasteiger partial charge in [-0.1, -0.05) is 0 Å². The lowest BCUT2D eigenvalue weighted by Crippen LogP contribution is -2.45. The van der Waals surface area contributed by atoms with Crippen LogP contribution < -0.4 is 0 Å². The number of aliphatic hydroxyl groups is 2. The number of aliphatic hydroxyl groups excluding tert-OH is 1. The van der Waals surface area contributed by atoms with Gasteiger partial charge in [-0.15, -0.1) is 0 Å². The molecule has 2 N–H and O–H groups in total. The third-order valence-electron chi connectivity index (χ3n) is 3.66. The fraction of sp³-hybridized carbons (Fsp3) is 0.857. The highest BCUT2D eigenvalue weighted by molar-refractivity contribution is 5.76. The van der Waals surface area contributed by atoms with Gasteiger partial charge in [-0.3, -0.25) is 4.79 Å². The van der Waals surface area contributed by atoms with Crippen LogP contribution in [0.2, 0.25) is 0 Å². The van der Waals surface area contributed by atoms with Crippen molar-refractivity contribution < 1.29 is 42.4 Å². The van der Waals surface area contributed by atoms with Crippen LogP contribution in [0.25, 0.3) is 0 Å². The number of hydrogen-bond donors (Lipinski definition) is 2. The Kier molecular flexibility index (Phi) is 5.69. The summed E-state index contributed by atoms with van der Waals surface area (Å²) in [5.41, 5.74) is -2.90. The van der Waals surface area contributed by atoms with Gasteiger partial charge in [-0.05, 0) is 40.0 Å². The normalized spacial score (nSPS) is 25.0. The number of halogens is 3. The van der Waals surface area contributed by atoms with Gasteiger partial charge < -0.3 is 19.7 Å². The minimum absolute atomic E-state index is 0.0506. The number of cyclic esters (lactones) is 1. The first-order valence-electron chi connectivity index (χ1n) is 7.15. The molecule has 0 aromatic heterocycles. The van der Waals surface area contributed by atoms with Crippen molar-refractivity contribution >= 4 is 11.9 Å². The predicted molar refractivity (Wildman–Crippen MR) is 71.2 cm³/mol. The van der Waals surface area contributed by atoms with Crippen molar-refractivity contribution in [3.63, 3.8) is 0 Å². The van der Waals surface area contributed by atoms with E-state index in [1.165, 1.54) is 20.8 Å². The van der Waals surface area contributed by atoms with Crippen LogP contribution in [0.15, 0.2) is 0 Å². The third kappa shape index (κ3) is 5.65. The van der Waals surface area contributed by atoms with E-state index in [1.807, 2.05) is 0 Å². The minimum atomic E-state index is -5.06. The molecule has 0 amide bonds. The van der Waals surface area contributed by atoms with E-state index in [-0.39, 0.29) is 25.7 Å². The molecule has 0 aliphatic carbocycles. The molecule has 1 aliphatic rings. The van der Waals surface area contributed by atoms with Crippen LogP contribution in [-0.2, 0) is 19.1 Å². The molecule has 1 rings (SSSR count). The Balaban J connectivity index is 2.51. The summed E-state index contributed by atoms with van der Waals surface area (Å²) < 4.78 is 45.8. The predicted octanol–water partition coefficient (Wildman–Crippen LogP) is 1.47. The molecule has 0 radical (unpaired) electrons. The molecule has 6 nitrogen and oxygen atoms in total. The molecule has 1 fully saturated rings. The van der Waals surface area contributed by atoms with Crippen molar-refractivity contribution in [2.45, 2.75) is 76.0 Å². The summed E-state index contributed by atoms with van der Waals surface area (Å²) in [5, 5.41) is 19.9. The van der Waals surface area contributed by atoms with Gasteiger partial charge in [0.25, 0.3) is 0 Å². The highest BCUT2D eigenvalue weighted by Gasteiger charge is 2.46. The molecule has 0 saturated carbocycles. The Morgan fingerprint density at radius 3 is 2.30 bits per heavy atom. The Hall–Kier alpha value is -1.35. The summed E-state index contributed by atoms with van der Waals surface area (Å²) >= 11 is 0. The lowest BCUT2D eigenvalue weighted by Gasteiger charge is -2.32. The summed E-state index contributed by atoms with van der Waals surface area (Å²) in [6.07, 6.45) is -7.19. The molecule has 3 atom stereocenters. The number of carbonyl (C=O) groups excluding carboxylic acids is 2. The standard InChI is InChI=1S/C14H21F3O6/c1-12(2,23-11(20)14(15,16)17)5-4-6-13(3,21)10-8(18)7-9(19)22-10/h8,10,18,21H,4-7H2,1-3H3/t8-,10-,13+/m0/s1. The average Bonchev–Trinajstić information content (AvgIpc) is 2.66. The zero-order valence-electron chi connectivity index (χ0n) is 13.1. The maximum absolute atomic E-state index is 12.2. The Labute approximate surface area is 131 Å². The molecule has 0 spiro atoms. The van der Waals surface area contributed by atoms with Crippen molar-refractivity contribution in [2.24, 2.45) is 0 Å². The van der Waals surface area contributed by atoms with E-state index in [0.29, 0.717) is 0 Å². The topological polar surface area (TPSA) is 93.1 Å². The van der Waals surface area contributed by atoms with Crippen LogP contribution in [0.1, 0.15) is 46.5 Å². The fourth-order valence-corrected chi connectivity index (χ4v) is 2.46. The lowest BCUT2D eigenvalue weighted by atomic mass is 9.87. The fourth-order valence-electron chi connectivity index (χ4n) is 2.46. The quantitative estimate of drug-likeness (QED) is 0.710. The summed E-state index contributed by atoms with van der Waals surface area (Å²) in [5.74, 6) is -2.89. The summed E-state index contributed by atoms with van der Waals surface area (Å²) in [6.45, 7) is 4.03. The first-order valence-corrected chi connectivity index (χ1v) is 7.15. The van der Waals surface area contributed by atoms with Crippen molar-refractivity contribution in [1.29, 1.82) is 0 Å². The van der Waals surface area contributed by atoms with Gasteiger partial charge in [0.1, 0.15) is 17.3 Å². The lowest BCUT2D eigenvalue weighted by molar-refractivity contribution is -0.212. The second-order valence-corrected chi connectivity index (χ2v) is 6.54. The van der Waals surface area contributed by atoms with Gasteiger partial charge in [0.05, 0.1) is 6.42 Å². The number of carbonyl (C=O) groups is 2. The van der Waals surface area contributed by atoms with Crippen LogP contribution in [0.3, 0.4) is 0 Å². The molecule has 0 bridgehead atoms. The first kappa shape index (κ1) is 19.7. The zero-order chi connectivity index (χ0) is 18.1. The number of alkyl halides is 3. The largest absolute Gasteiger partial charge is 0.490 e. The molecule has 1 saturated heterocycles. The molecule has 0 aromatic carbocycles. The van der Waals surface area contributed by atoms with E-state index >= 15 is 0 Å². The van der Waals surface area contributed by atoms with E-state index in [4.69, 9.17) is 4.74 Å². The molecule has 1 aliphatic heterocycles. The number of rotatable bonds is 6. The van der Waals surface area contributed by atoms with Crippen molar-refractivity contribution in [3.8, 4) is 0 Å². The summed E-state index contributed by atoms with van der Waals surface area (Å²) in [4.78, 5) is 21.9. The van der Waals surface area contributed by atoms with Gasteiger partial charge in [-0.2, -0.15) is 13.2 Å². The SMILES string of the molecule is CC(C)(CCC[C@@](C)(O)[C@H]1OC(=O)C[C@@H]1O)OC(=O)C(F)(F)F. The third-order valence-corrected chi connectivity index (χ3v) is 3.66. The number of esters is 2. The van der Waals surface area contributed by atoms with E-state index in [2.05, 4.69) is 4.74 Å². The highest BCUT2D eigenvalue weighted by atomic mass is 19.4. The van der Waals surface area contributed by atoms with Crippen molar-refractivity contribution in [3.05, 3.63) is 0 Å². The van der Waals surface area contributed by atoms with Crippen LogP contribution >= 0.6 is 0 Å². The summed E-state index contributed by atoms with van der Waals surface area (Å²) in [6, 6.07) is 0. The van der Waals surface area contributed by atoms with Crippen LogP contribution in [0.5, 0.6) is 0 Å². The first-order chi connectivity index (χ1) is 10.2. The van der Waals surface area contributed by atoms with Gasteiger partial charge in [0.15, 0.2) is 6.10 Å². The van der Waals surface area contributed by atoms with Crippen LogP contribution in [0.4, 0.5) is 13.2 Å². The van der Waals surface area contributed by atoms with Crippen molar-refractivity contribution in [2.75, 3.05) is 0 Å². The van der Waals surface area contributed by atoms with E-state index in [1.54, 1.807) is 0 Å². The molecule has 1 heterocycles. The smallest absolute Gasteiger partial charge is 0.456 e. The second-order valence-electron chi connectivity index (χ2n) is 6.54. The van der Waals surface area contributed by atoms with E-state index in [0.717, 1.165) is 0 Å². The summed E-state index contributed by atoms with van der Waals surface area (Å²) in [7, 11) is 0. The Bertz CT molecular complexity index is 458. The molecule has 134 valence electrons. The van der Waals surface area contributed by atoms with Crippen LogP contribution in [0, 0.1) is 0 Å². The monoisotopic (exact) mass is 342 g/mol. The molecule has 0 aromatic rings. The zero-order valence-corrected chi connectivity index (χ0v) is 13.1. The maximum atomic E-state index is 12.2. The van der Waals surface area contributed by atoms with Crippen molar-refractivity contribution in [1.82, 2.24) is 0 Å². The minimum Gasteiger partial charge on any atom is -0.456 e. The average molecular weight is 342 g/mol. The van der Waals surface area contributed by atoms with E-state index < -0.39 is 41.5 Å². The molecule has 9 heteroatoms. The second kappa shape index (κ2) is 6.64. The van der Waals surface area contributed by atoms with Gasteiger partial charge in [0.2, 0.25) is 0 Å². The van der Waals surface area contributed by atoms with E-state index in [9.17, 15) is 33.0 Å². The Morgan fingerprint density at radius 2 is 1.87 bits per heavy atom. The number of ether oxygens (including phenoxy) is 2.